The molecule has 338 valence electrons. The summed E-state index contributed by atoms with van der Waals surface area (Å²) < 4.78 is 76.2. The zero-order chi connectivity index (χ0) is 45.8. The second-order valence-electron chi connectivity index (χ2n) is 15.7. The van der Waals surface area contributed by atoms with Crippen molar-refractivity contribution in [3.8, 4) is 5.75 Å². The molecule has 5 rings (SSSR count). The van der Waals surface area contributed by atoms with Gasteiger partial charge in [0.1, 0.15) is 59.7 Å². The highest BCUT2D eigenvalue weighted by Gasteiger charge is 2.47. The molecule has 3 heterocycles. The highest BCUT2D eigenvalue weighted by molar-refractivity contribution is 5.98. The maximum absolute atomic E-state index is 14.6. The number of ether oxygens (including phenoxy) is 2. The molecule has 3 aliphatic rings. The van der Waals surface area contributed by atoms with E-state index in [1.54, 1.807) is 6.92 Å². The van der Waals surface area contributed by atoms with Crippen LogP contribution >= 0.6 is 0 Å². The minimum absolute atomic E-state index is 0.0411. The quantitative estimate of drug-likeness (QED) is 0.192. The third kappa shape index (κ3) is 11.4. The van der Waals surface area contributed by atoms with E-state index in [9.17, 15) is 60.6 Å². The lowest BCUT2D eigenvalue weighted by molar-refractivity contribution is -0.274. The van der Waals surface area contributed by atoms with Crippen molar-refractivity contribution < 1.29 is 70.1 Å². The molecule has 0 spiro atoms. The number of esters is 1. The number of nitrogens with one attached hydrogen (secondary N) is 4. The lowest BCUT2D eigenvalue weighted by Crippen LogP contribution is -2.63. The first-order valence-corrected chi connectivity index (χ1v) is 19.8. The fourth-order valence-corrected chi connectivity index (χ4v) is 7.88. The Morgan fingerprint density at radius 2 is 1.60 bits per heavy atom. The second-order valence-corrected chi connectivity index (χ2v) is 15.7. The van der Waals surface area contributed by atoms with Crippen molar-refractivity contribution >= 4 is 47.2 Å². The summed E-state index contributed by atoms with van der Waals surface area (Å²) in [7, 11) is 1.25. The number of carbonyl (C=O) groups is 7. The van der Waals surface area contributed by atoms with Gasteiger partial charge in [-0.15, -0.1) is 13.2 Å². The molecule has 0 aromatic heterocycles. The number of nitrogens with zero attached hydrogens (tertiary/aromatic N) is 3. The van der Waals surface area contributed by atoms with E-state index in [-0.39, 0.29) is 49.5 Å². The number of hydrogen-bond acceptors (Lipinski definition) is 10. The van der Waals surface area contributed by atoms with Crippen LogP contribution < -0.4 is 26.0 Å². The van der Waals surface area contributed by atoms with Gasteiger partial charge < -0.3 is 50.5 Å². The van der Waals surface area contributed by atoms with Crippen molar-refractivity contribution in [2.24, 2.45) is 5.92 Å². The fourth-order valence-electron chi connectivity index (χ4n) is 7.88. The summed E-state index contributed by atoms with van der Waals surface area (Å²) in [5.41, 5.74) is -0.186. The summed E-state index contributed by atoms with van der Waals surface area (Å²) in [4.78, 5) is 101. The van der Waals surface area contributed by atoms with Gasteiger partial charge in [0, 0.05) is 38.3 Å². The molecular weight excluding hydrogens is 833 g/mol. The summed E-state index contributed by atoms with van der Waals surface area (Å²) in [5, 5.41) is 20.4. The van der Waals surface area contributed by atoms with Crippen LogP contribution in [0.3, 0.4) is 0 Å². The van der Waals surface area contributed by atoms with Crippen LogP contribution in [0.1, 0.15) is 52.5 Å². The average Bonchev–Trinajstić information content (AvgIpc) is 3.82. The van der Waals surface area contributed by atoms with E-state index in [1.165, 1.54) is 32.7 Å². The number of benzene rings is 2. The number of cyclic esters (lactones) is 1. The van der Waals surface area contributed by atoms with E-state index >= 15 is 0 Å². The number of alkyl halides is 3. The Morgan fingerprint density at radius 1 is 0.952 bits per heavy atom. The van der Waals surface area contributed by atoms with Crippen molar-refractivity contribution in [3.05, 3.63) is 59.7 Å². The summed E-state index contributed by atoms with van der Waals surface area (Å²) >= 11 is 0. The third-order valence-electron chi connectivity index (χ3n) is 10.8. The first-order chi connectivity index (χ1) is 29.0. The second kappa shape index (κ2) is 19.3. The molecule has 0 radical (unpaired) electrons. The largest absolute Gasteiger partial charge is 0.573 e. The maximum Gasteiger partial charge on any atom is 0.573 e. The molecule has 2 aromatic carbocycles. The minimum Gasteiger partial charge on any atom is -0.458 e. The number of rotatable bonds is 8. The van der Waals surface area contributed by atoms with Gasteiger partial charge in [-0.05, 0) is 87.9 Å². The van der Waals surface area contributed by atoms with Crippen molar-refractivity contribution in [2.45, 2.75) is 108 Å². The van der Waals surface area contributed by atoms with Crippen LogP contribution in [0.5, 0.6) is 5.75 Å². The predicted octanol–water partition coefficient (Wildman–Crippen LogP) is 1.97. The van der Waals surface area contributed by atoms with Gasteiger partial charge in [-0.1, -0.05) is 6.92 Å². The molecule has 3 fully saturated rings. The summed E-state index contributed by atoms with van der Waals surface area (Å²) in [6.07, 6.45) is -8.05. The van der Waals surface area contributed by atoms with Crippen molar-refractivity contribution in [1.29, 1.82) is 0 Å². The highest BCUT2D eigenvalue weighted by atomic mass is 19.4. The van der Waals surface area contributed by atoms with Crippen LogP contribution in [0.2, 0.25) is 0 Å². The summed E-state index contributed by atoms with van der Waals surface area (Å²) in [6.45, 7) is 5.75. The third-order valence-corrected chi connectivity index (χ3v) is 10.8. The molecular formula is C40H48F5N7O10. The predicted molar refractivity (Wildman–Crippen MR) is 206 cm³/mol. The zero-order valence-corrected chi connectivity index (χ0v) is 34.3. The van der Waals surface area contributed by atoms with Crippen LogP contribution in [0.4, 0.5) is 32.4 Å². The van der Waals surface area contributed by atoms with Gasteiger partial charge in [-0.3, -0.25) is 24.0 Å². The Hall–Kier alpha value is -6.06. The molecule has 3 saturated heterocycles. The number of amides is 7. The number of aliphatic hydroxyl groups is 1. The van der Waals surface area contributed by atoms with Gasteiger partial charge in [-0.25, -0.2) is 18.4 Å². The van der Waals surface area contributed by atoms with E-state index in [2.05, 4.69) is 26.0 Å². The van der Waals surface area contributed by atoms with Gasteiger partial charge in [-0.2, -0.15) is 0 Å². The Labute approximate surface area is 352 Å². The number of carbonyl (C=O) groups excluding carboxylic acids is 7. The molecule has 5 N–H and O–H groups in total. The SMILES string of the molecule is C[C@H]1C[C@H]2C(=O)O[C@@H](C)[C@H](NC(=O)[C@H](Cc3cc(F)cc(F)c3)NC(=O)Nc3ccc(OC(F)(F)F)cc3)C(=O)N3CCC[C@H]3C(=O)N(C)[C@@H]([C@@H](C)O)C(=O)N[C@@H](C)C(=O)N2C1. The fraction of sp³-hybridized carbons (Fsp3) is 0.525. The van der Waals surface area contributed by atoms with Gasteiger partial charge in [0.2, 0.25) is 29.5 Å². The number of hydrogen-bond donors (Lipinski definition) is 5. The van der Waals surface area contributed by atoms with E-state index in [0.717, 1.165) is 46.2 Å². The molecule has 7 amide bonds. The topological polar surface area (TPSA) is 216 Å². The smallest absolute Gasteiger partial charge is 0.458 e. The van der Waals surface area contributed by atoms with Crippen molar-refractivity contribution in [1.82, 2.24) is 30.7 Å². The van der Waals surface area contributed by atoms with E-state index in [0.29, 0.717) is 6.07 Å². The molecule has 0 unspecified atom stereocenters. The van der Waals surface area contributed by atoms with Gasteiger partial charge in [0.05, 0.1) is 6.10 Å². The molecule has 2 aromatic rings. The lowest BCUT2D eigenvalue weighted by Gasteiger charge is -2.37. The minimum atomic E-state index is -4.99. The number of aliphatic hydroxyl groups excluding tert-OH is 1. The van der Waals surface area contributed by atoms with Crippen molar-refractivity contribution in [3.63, 3.8) is 0 Å². The van der Waals surface area contributed by atoms with Crippen LogP contribution in [-0.2, 0) is 39.9 Å². The normalized spacial score (nSPS) is 26.2. The summed E-state index contributed by atoms with van der Waals surface area (Å²) in [6, 6.07) is -3.54. The molecule has 62 heavy (non-hydrogen) atoms. The summed E-state index contributed by atoms with van der Waals surface area (Å²) in [5.74, 6) is -8.21. The Kier molecular flexibility index (Phi) is 14.7. The number of likely N-dealkylation sites (N-methyl/N-ethyl adjacent to an activating group) is 1. The maximum atomic E-state index is 14.6. The zero-order valence-electron chi connectivity index (χ0n) is 34.3. The van der Waals surface area contributed by atoms with E-state index in [1.807, 2.05) is 0 Å². The van der Waals surface area contributed by atoms with Gasteiger partial charge in [0.25, 0.3) is 0 Å². The first kappa shape index (κ1) is 47.0. The Bertz CT molecular complexity index is 2020. The molecule has 22 heteroatoms. The standard InChI is InChI=1S/C40H48F5N7O10/c1-19-13-30-38(59)61-22(4)31(37(58)51-12-6-7-29(51)36(57)50(5)32(21(3)53)34(55)46-20(2)35(56)52(30)18-19)49-33(54)28(16-23-14-24(41)17-25(42)15-23)48-39(60)47-26-8-10-27(11-9-26)62-40(43,44)45/h8-11,14-15,17,19-22,28-32,53H,6-7,12-13,16,18H2,1-5H3,(H,46,55)(H,49,54)(H2,47,48,60)/t19-,20-,21+,22-,28-,29-,30-,31-,32-/m0/s1. The monoisotopic (exact) mass is 881 g/mol. The van der Waals surface area contributed by atoms with Gasteiger partial charge in [0.15, 0.2) is 0 Å². The first-order valence-electron chi connectivity index (χ1n) is 19.8. The van der Waals surface area contributed by atoms with Crippen LogP contribution in [0.25, 0.3) is 0 Å². The van der Waals surface area contributed by atoms with Crippen LogP contribution in [0, 0.1) is 17.6 Å². The lowest BCUT2D eigenvalue weighted by atomic mass is 10.0. The number of halogens is 5. The van der Waals surface area contributed by atoms with E-state index in [4.69, 9.17) is 4.74 Å². The molecule has 17 nitrogen and oxygen atoms in total. The van der Waals surface area contributed by atoms with Crippen LogP contribution in [0.15, 0.2) is 42.5 Å². The highest BCUT2D eigenvalue weighted by Crippen LogP contribution is 2.28. The molecule has 9 atom stereocenters. The Morgan fingerprint density at radius 3 is 2.21 bits per heavy atom. The number of urea groups is 1. The molecule has 3 aliphatic heterocycles. The number of anilines is 1. The molecule has 0 bridgehead atoms. The Balaban J connectivity index is 1.49. The van der Waals surface area contributed by atoms with E-state index < -0.39 is 120 Å². The molecule has 0 aliphatic carbocycles. The number of fused-ring (bicyclic) bond motifs is 2. The molecule has 0 saturated carbocycles. The van der Waals surface area contributed by atoms with Crippen molar-refractivity contribution in [2.75, 3.05) is 25.5 Å². The van der Waals surface area contributed by atoms with Gasteiger partial charge >= 0.3 is 18.4 Å². The van der Waals surface area contributed by atoms with Crippen LogP contribution in [-0.4, -0.2) is 136 Å². The average molecular weight is 882 g/mol.